The number of rotatable bonds is 12. The van der Waals surface area contributed by atoms with Crippen LogP contribution in [0, 0.1) is 11.8 Å². The molecule has 0 fully saturated rings. The number of hydrogen-bond acceptors (Lipinski definition) is 1. The van der Waals surface area contributed by atoms with Crippen LogP contribution in [0.1, 0.15) is 80.1 Å². The van der Waals surface area contributed by atoms with E-state index in [9.17, 15) is 0 Å². The molecular formula is C20H38O. The van der Waals surface area contributed by atoms with Crippen LogP contribution in [0.15, 0.2) is 23.3 Å². The maximum atomic E-state index is 5.74. The van der Waals surface area contributed by atoms with Gasteiger partial charge in [0.05, 0.1) is 6.61 Å². The molecule has 0 aromatic carbocycles. The molecule has 1 atom stereocenters. The molecule has 0 unspecified atom stereocenters. The van der Waals surface area contributed by atoms with Gasteiger partial charge >= 0.3 is 0 Å². The third-order valence-electron chi connectivity index (χ3n) is 3.87. The van der Waals surface area contributed by atoms with Crippen molar-refractivity contribution in [1.82, 2.24) is 0 Å². The lowest BCUT2D eigenvalue weighted by molar-refractivity contribution is 0.145. The van der Waals surface area contributed by atoms with Crippen LogP contribution in [-0.4, -0.2) is 13.2 Å². The number of ether oxygens (including phenoxy) is 1. The Labute approximate surface area is 133 Å². The summed E-state index contributed by atoms with van der Waals surface area (Å²) in [5, 5.41) is 0. The minimum atomic E-state index is 0.777. The summed E-state index contributed by atoms with van der Waals surface area (Å²) in [6.07, 6.45) is 12.1. The van der Waals surface area contributed by atoms with Crippen LogP contribution in [-0.2, 0) is 4.74 Å². The first-order valence-corrected chi connectivity index (χ1v) is 8.78. The fourth-order valence-corrected chi connectivity index (χ4v) is 2.28. The lowest BCUT2D eigenvalue weighted by Crippen LogP contribution is -2.03. The molecule has 0 radical (unpaired) electrons. The Morgan fingerprint density at radius 3 is 2.29 bits per heavy atom. The second-order valence-corrected chi connectivity index (χ2v) is 7.16. The molecule has 0 aromatic rings. The topological polar surface area (TPSA) is 9.23 Å². The van der Waals surface area contributed by atoms with E-state index in [0.29, 0.717) is 0 Å². The van der Waals surface area contributed by atoms with Crippen molar-refractivity contribution in [3.8, 4) is 0 Å². The minimum Gasteiger partial charge on any atom is -0.377 e. The van der Waals surface area contributed by atoms with Gasteiger partial charge in [-0.3, -0.25) is 0 Å². The third kappa shape index (κ3) is 15.6. The molecule has 21 heavy (non-hydrogen) atoms. The fourth-order valence-electron chi connectivity index (χ4n) is 2.28. The summed E-state index contributed by atoms with van der Waals surface area (Å²) in [5.41, 5.74) is 2.85. The van der Waals surface area contributed by atoms with Gasteiger partial charge in [-0.25, -0.2) is 0 Å². The van der Waals surface area contributed by atoms with Gasteiger partial charge < -0.3 is 4.74 Å². The fraction of sp³-hybridized carbons (Fsp3) is 0.800. The molecule has 0 spiro atoms. The van der Waals surface area contributed by atoms with E-state index in [2.05, 4.69) is 53.7 Å². The lowest BCUT2D eigenvalue weighted by Gasteiger charge is -2.12. The maximum absolute atomic E-state index is 5.74. The zero-order valence-electron chi connectivity index (χ0n) is 15.4. The van der Waals surface area contributed by atoms with Gasteiger partial charge in [0.25, 0.3) is 0 Å². The number of allylic oxidation sites excluding steroid dienone is 3. The molecule has 1 heteroatoms. The monoisotopic (exact) mass is 294 g/mol. The lowest BCUT2D eigenvalue weighted by atomic mass is 9.98. The second-order valence-electron chi connectivity index (χ2n) is 7.16. The quantitative estimate of drug-likeness (QED) is 0.293. The zero-order chi connectivity index (χ0) is 16.1. The molecule has 0 aliphatic heterocycles. The summed E-state index contributed by atoms with van der Waals surface area (Å²) in [5.74, 6) is 1.64. The van der Waals surface area contributed by atoms with Crippen LogP contribution in [0.2, 0.25) is 0 Å². The predicted octanol–water partition coefficient (Wildman–Crippen LogP) is 6.55. The molecular weight excluding hydrogens is 256 g/mol. The Morgan fingerprint density at radius 2 is 1.67 bits per heavy atom. The summed E-state index contributed by atoms with van der Waals surface area (Å²) >= 11 is 0. The van der Waals surface area contributed by atoms with Crippen molar-refractivity contribution in [3.63, 3.8) is 0 Å². The van der Waals surface area contributed by atoms with Crippen molar-refractivity contribution in [3.05, 3.63) is 23.3 Å². The van der Waals surface area contributed by atoms with Crippen LogP contribution in [0.3, 0.4) is 0 Å². The Morgan fingerprint density at radius 1 is 0.952 bits per heavy atom. The molecule has 0 bridgehead atoms. The molecule has 0 saturated carbocycles. The minimum absolute atomic E-state index is 0.777. The van der Waals surface area contributed by atoms with Gasteiger partial charge in [-0.15, -0.1) is 0 Å². The van der Waals surface area contributed by atoms with E-state index in [-0.39, 0.29) is 0 Å². The molecule has 0 aliphatic carbocycles. The van der Waals surface area contributed by atoms with Gasteiger partial charge in [-0.1, -0.05) is 63.3 Å². The average Bonchev–Trinajstić information content (AvgIpc) is 2.37. The van der Waals surface area contributed by atoms with Crippen molar-refractivity contribution in [1.29, 1.82) is 0 Å². The third-order valence-corrected chi connectivity index (χ3v) is 3.87. The van der Waals surface area contributed by atoms with Crippen LogP contribution in [0.4, 0.5) is 0 Å². The van der Waals surface area contributed by atoms with E-state index < -0.39 is 0 Å². The summed E-state index contributed by atoms with van der Waals surface area (Å²) in [6, 6.07) is 0. The van der Waals surface area contributed by atoms with E-state index in [1.165, 1.54) is 36.8 Å². The maximum Gasteiger partial charge on any atom is 0.0649 e. The SMILES string of the molecule is CC(C)=CCC/C(C)=C/COCC[C@@H](C)CCCC(C)C. The highest BCUT2D eigenvalue weighted by molar-refractivity contribution is 5.02. The van der Waals surface area contributed by atoms with Crippen molar-refractivity contribution >= 4 is 0 Å². The normalized spacial score (nSPS) is 13.6. The molecule has 0 saturated heterocycles. The van der Waals surface area contributed by atoms with Crippen molar-refractivity contribution in [2.45, 2.75) is 80.1 Å². The van der Waals surface area contributed by atoms with Gasteiger partial charge in [0.2, 0.25) is 0 Å². The van der Waals surface area contributed by atoms with Crippen LogP contribution in [0.25, 0.3) is 0 Å². The first-order chi connectivity index (χ1) is 9.91. The molecule has 0 amide bonds. The van der Waals surface area contributed by atoms with Gasteiger partial charge in [-0.2, -0.15) is 0 Å². The first-order valence-electron chi connectivity index (χ1n) is 8.78. The predicted molar refractivity (Wildman–Crippen MR) is 95.7 cm³/mol. The molecule has 0 rings (SSSR count). The van der Waals surface area contributed by atoms with E-state index >= 15 is 0 Å². The first kappa shape index (κ1) is 20.4. The summed E-state index contributed by atoms with van der Waals surface area (Å²) in [4.78, 5) is 0. The zero-order valence-corrected chi connectivity index (χ0v) is 15.4. The van der Waals surface area contributed by atoms with Crippen molar-refractivity contribution < 1.29 is 4.74 Å². The molecule has 0 N–H and O–H groups in total. The summed E-state index contributed by atoms with van der Waals surface area (Å²) in [6.45, 7) is 15.2. The van der Waals surface area contributed by atoms with Crippen LogP contribution >= 0.6 is 0 Å². The second kappa shape index (κ2) is 13.1. The van der Waals surface area contributed by atoms with Crippen molar-refractivity contribution in [2.24, 2.45) is 11.8 Å². The van der Waals surface area contributed by atoms with Gasteiger partial charge in [0.1, 0.15) is 0 Å². The van der Waals surface area contributed by atoms with E-state index in [0.717, 1.165) is 37.9 Å². The van der Waals surface area contributed by atoms with Crippen LogP contribution < -0.4 is 0 Å². The largest absolute Gasteiger partial charge is 0.377 e. The molecule has 0 aliphatic rings. The van der Waals surface area contributed by atoms with Gasteiger partial charge in [-0.05, 0) is 51.9 Å². The standard InChI is InChI=1S/C20H38O/c1-17(2)9-7-11-19(5)13-15-21-16-14-20(6)12-8-10-18(3)4/h9,13,18,20H,7-8,10-12,14-16H2,1-6H3/b19-13+/t20-/m0/s1. The molecule has 124 valence electrons. The van der Waals surface area contributed by atoms with Crippen molar-refractivity contribution in [2.75, 3.05) is 13.2 Å². The molecule has 0 aromatic heterocycles. The van der Waals surface area contributed by atoms with E-state index in [1.807, 2.05) is 0 Å². The molecule has 0 heterocycles. The highest BCUT2D eigenvalue weighted by Crippen LogP contribution is 2.15. The van der Waals surface area contributed by atoms with E-state index in [1.54, 1.807) is 0 Å². The van der Waals surface area contributed by atoms with Crippen LogP contribution in [0.5, 0.6) is 0 Å². The Balaban J connectivity index is 3.54. The smallest absolute Gasteiger partial charge is 0.0649 e. The Hall–Kier alpha value is -0.560. The van der Waals surface area contributed by atoms with E-state index in [4.69, 9.17) is 4.74 Å². The van der Waals surface area contributed by atoms with Gasteiger partial charge in [0.15, 0.2) is 0 Å². The van der Waals surface area contributed by atoms with Gasteiger partial charge in [0, 0.05) is 6.61 Å². The summed E-state index contributed by atoms with van der Waals surface area (Å²) < 4.78 is 5.74. The highest BCUT2D eigenvalue weighted by atomic mass is 16.5. The Kier molecular flexibility index (Phi) is 12.8. The number of hydrogen-bond donors (Lipinski definition) is 0. The highest BCUT2D eigenvalue weighted by Gasteiger charge is 2.03. The Bertz CT molecular complexity index is 295. The average molecular weight is 295 g/mol. The molecule has 1 nitrogen and oxygen atoms in total. The summed E-state index contributed by atoms with van der Waals surface area (Å²) in [7, 11) is 0.